The molecule has 0 aromatic heterocycles. The number of hydrogen-bond donors (Lipinski definition) is 1. The lowest BCUT2D eigenvalue weighted by Gasteiger charge is -2.34. The van der Waals surface area contributed by atoms with Crippen LogP contribution in [0.2, 0.25) is 0 Å². The van der Waals surface area contributed by atoms with Crippen LogP contribution in [0.4, 0.5) is 8.78 Å². The quantitative estimate of drug-likeness (QED) is 0.857. The number of piperazine rings is 1. The standard InChI is InChI=1S/C14H18F2N2.ClH/c1-2-3-14(18-8-6-17-7-9-18)12-10-11(15)4-5-13(12)16;/h2,4-5,10,14,17H,1,3,6-9H2;1H/t14-;/m0./s1. The van der Waals surface area contributed by atoms with E-state index in [2.05, 4.69) is 16.8 Å². The van der Waals surface area contributed by atoms with Crippen LogP contribution < -0.4 is 5.32 Å². The molecule has 1 aliphatic heterocycles. The van der Waals surface area contributed by atoms with Crippen LogP contribution >= 0.6 is 12.4 Å². The summed E-state index contributed by atoms with van der Waals surface area (Å²) >= 11 is 0. The minimum absolute atomic E-state index is 0. The Hall–Kier alpha value is -0.970. The predicted molar refractivity (Wildman–Crippen MR) is 75.6 cm³/mol. The third kappa shape index (κ3) is 4.00. The zero-order valence-corrected chi connectivity index (χ0v) is 11.6. The third-order valence-corrected chi connectivity index (χ3v) is 3.30. The predicted octanol–water partition coefficient (Wildman–Crippen LogP) is 2.91. The van der Waals surface area contributed by atoms with Crippen molar-refractivity contribution in [1.29, 1.82) is 0 Å². The maximum atomic E-state index is 13.9. The van der Waals surface area contributed by atoms with Crippen molar-refractivity contribution in [3.8, 4) is 0 Å². The molecule has 1 aliphatic rings. The second-order valence-electron chi connectivity index (χ2n) is 4.49. The molecule has 2 nitrogen and oxygen atoms in total. The van der Waals surface area contributed by atoms with Gasteiger partial charge in [-0.15, -0.1) is 19.0 Å². The lowest BCUT2D eigenvalue weighted by Crippen LogP contribution is -2.45. The number of nitrogens with zero attached hydrogens (tertiary/aromatic N) is 1. The Morgan fingerprint density at radius 1 is 1.32 bits per heavy atom. The van der Waals surface area contributed by atoms with Gasteiger partial charge in [0.15, 0.2) is 0 Å². The van der Waals surface area contributed by atoms with Gasteiger partial charge < -0.3 is 5.32 Å². The van der Waals surface area contributed by atoms with Crippen molar-refractivity contribution in [2.45, 2.75) is 12.5 Å². The first kappa shape index (κ1) is 16.1. The van der Waals surface area contributed by atoms with Crippen molar-refractivity contribution < 1.29 is 8.78 Å². The molecule has 5 heteroatoms. The van der Waals surface area contributed by atoms with Gasteiger partial charge in [0.2, 0.25) is 0 Å². The number of rotatable bonds is 4. The number of hydrogen-bond acceptors (Lipinski definition) is 2. The summed E-state index contributed by atoms with van der Waals surface area (Å²) in [6.07, 6.45) is 2.39. The lowest BCUT2D eigenvalue weighted by molar-refractivity contribution is 0.171. The van der Waals surface area contributed by atoms with E-state index in [1.165, 1.54) is 12.1 Å². The Kier molecular flexibility index (Phi) is 6.42. The molecule has 1 fully saturated rings. The Labute approximate surface area is 118 Å². The van der Waals surface area contributed by atoms with Crippen molar-refractivity contribution in [2.24, 2.45) is 0 Å². The largest absolute Gasteiger partial charge is 0.314 e. The average molecular weight is 289 g/mol. The molecule has 19 heavy (non-hydrogen) atoms. The van der Waals surface area contributed by atoms with E-state index in [1.54, 1.807) is 6.08 Å². The van der Waals surface area contributed by atoms with Crippen LogP contribution in [0.5, 0.6) is 0 Å². The third-order valence-electron chi connectivity index (χ3n) is 3.30. The molecule has 0 amide bonds. The smallest absolute Gasteiger partial charge is 0.128 e. The minimum atomic E-state index is -0.393. The maximum Gasteiger partial charge on any atom is 0.128 e. The number of halogens is 3. The fraction of sp³-hybridized carbons (Fsp3) is 0.429. The van der Waals surface area contributed by atoms with E-state index in [0.717, 1.165) is 32.2 Å². The van der Waals surface area contributed by atoms with E-state index in [9.17, 15) is 8.78 Å². The Balaban J connectivity index is 0.00000180. The number of nitrogens with one attached hydrogen (secondary N) is 1. The normalized spacial score (nSPS) is 17.6. The molecule has 2 rings (SSSR count). The summed E-state index contributed by atoms with van der Waals surface area (Å²) in [6.45, 7) is 7.16. The first-order chi connectivity index (χ1) is 8.72. The van der Waals surface area contributed by atoms with Gasteiger partial charge >= 0.3 is 0 Å². The molecular weight excluding hydrogens is 270 g/mol. The fourth-order valence-electron chi connectivity index (χ4n) is 2.39. The molecule has 0 aliphatic carbocycles. The van der Waals surface area contributed by atoms with Gasteiger partial charge in [0.25, 0.3) is 0 Å². The van der Waals surface area contributed by atoms with E-state index in [4.69, 9.17) is 0 Å². The Morgan fingerprint density at radius 3 is 2.63 bits per heavy atom. The molecule has 0 saturated carbocycles. The van der Waals surface area contributed by atoms with Gasteiger partial charge in [0.05, 0.1) is 0 Å². The average Bonchev–Trinajstić information content (AvgIpc) is 2.40. The van der Waals surface area contributed by atoms with E-state index in [1.807, 2.05) is 0 Å². The van der Waals surface area contributed by atoms with Gasteiger partial charge in [-0.25, -0.2) is 8.78 Å². The second-order valence-corrected chi connectivity index (χ2v) is 4.49. The van der Waals surface area contributed by atoms with E-state index in [-0.39, 0.29) is 24.3 Å². The SMILES string of the molecule is C=CC[C@@H](c1cc(F)ccc1F)N1CCNCC1.Cl. The molecule has 1 atom stereocenters. The molecule has 0 radical (unpaired) electrons. The first-order valence-electron chi connectivity index (χ1n) is 6.23. The molecule has 0 unspecified atom stereocenters. The summed E-state index contributed by atoms with van der Waals surface area (Å²) in [6, 6.07) is 3.52. The zero-order chi connectivity index (χ0) is 13.0. The van der Waals surface area contributed by atoms with E-state index < -0.39 is 5.82 Å². The van der Waals surface area contributed by atoms with E-state index in [0.29, 0.717) is 12.0 Å². The van der Waals surface area contributed by atoms with Crippen LogP contribution in [0.1, 0.15) is 18.0 Å². The summed E-state index contributed by atoms with van der Waals surface area (Å²) in [5.74, 6) is -0.739. The topological polar surface area (TPSA) is 15.3 Å². The van der Waals surface area contributed by atoms with Crippen molar-refractivity contribution in [3.63, 3.8) is 0 Å². The van der Waals surface area contributed by atoms with Crippen LogP contribution in [0.3, 0.4) is 0 Å². The highest BCUT2D eigenvalue weighted by atomic mass is 35.5. The molecule has 1 N–H and O–H groups in total. The molecule has 1 aromatic rings. The zero-order valence-electron chi connectivity index (χ0n) is 10.7. The van der Waals surface area contributed by atoms with Crippen molar-refractivity contribution >= 4 is 12.4 Å². The van der Waals surface area contributed by atoms with Crippen LogP contribution in [-0.2, 0) is 0 Å². The summed E-state index contributed by atoms with van der Waals surface area (Å²) in [4.78, 5) is 2.18. The summed E-state index contributed by atoms with van der Waals surface area (Å²) in [7, 11) is 0. The van der Waals surface area contributed by atoms with Crippen molar-refractivity contribution in [3.05, 3.63) is 48.1 Å². The van der Waals surface area contributed by atoms with Crippen LogP contribution in [0.15, 0.2) is 30.9 Å². The van der Waals surface area contributed by atoms with E-state index >= 15 is 0 Å². The highest BCUT2D eigenvalue weighted by Crippen LogP contribution is 2.27. The first-order valence-corrected chi connectivity index (χ1v) is 6.23. The fourth-order valence-corrected chi connectivity index (χ4v) is 2.39. The Morgan fingerprint density at radius 2 is 2.00 bits per heavy atom. The van der Waals surface area contributed by atoms with Gasteiger partial charge in [0.1, 0.15) is 11.6 Å². The van der Waals surface area contributed by atoms with Crippen LogP contribution in [0, 0.1) is 11.6 Å². The van der Waals surface area contributed by atoms with Gasteiger partial charge in [-0.1, -0.05) is 6.08 Å². The minimum Gasteiger partial charge on any atom is -0.314 e. The van der Waals surface area contributed by atoms with Gasteiger partial charge in [0, 0.05) is 37.8 Å². The number of benzene rings is 1. The monoisotopic (exact) mass is 288 g/mol. The summed E-state index contributed by atoms with van der Waals surface area (Å²) < 4.78 is 27.1. The van der Waals surface area contributed by atoms with Gasteiger partial charge in [-0.2, -0.15) is 0 Å². The second kappa shape index (κ2) is 7.58. The maximum absolute atomic E-state index is 13.9. The summed E-state index contributed by atoms with van der Waals surface area (Å²) in [5.41, 5.74) is 0.428. The molecule has 1 saturated heterocycles. The molecule has 1 heterocycles. The Bertz CT molecular complexity index is 420. The van der Waals surface area contributed by atoms with Crippen molar-refractivity contribution in [2.75, 3.05) is 26.2 Å². The highest BCUT2D eigenvalue weighted by molar-refractivity contribution is 5.85. The molecule has 106 valence electrons. The van der Waals surface area contributed by atoms with Crippen LogP contribution in [0.25, 0.3) is 0 Å². The molecular formula is C14H19ClF2N2. The highest BCUT2D eigenvalue weighted by Gasteiger charge is 2.23. The van der Waals surface area contributed by atoms with Gasteiger partial charge in [-0.3, -0.25) is 4.90 Å². The van der Waals surface area contributed by atoms with Crippen LogP contribution in [-0.4, -0.2) is 31.1 Å². The summed E-state index contributed by atoms with van der Waals surface area (Å²) in [5, 5.41) is 3.25. The van der Waals surface area contributed by atoms with Gasteiger partial charge in [-0.05, 0) is 24.6 Å². The molecule has 1 aromatic carbocycles. The lowest BCUT2D eigenvalue weighted by atomic mass is 10.0. The molecule has 0 bridgehead atoms. The molecule has 0 spiro atoms. The van der Waals surface area contributed by atoms with Crippen molar-refractivity contribution in [1.82, 2.24) is 10.2 Å².